The highest BCUT2D eigenvalue weighted by Gasteiger charge is 2.61. The first-order valence-corrected chi connectivity index (χ1v) is 7.79. The molecule has 0 spiro atoms. The second kappa shape index (κ2) is 4.86. The molecule has 0 radical (unpaired) electrons. The van der Waals surface area contributed by atoms with E-state index in [9.17, 15) is 29.6 Å². The van der Waals surface area contributed by atoms with E-state index in [0.717, 1.165) is 42.4 Å². The number of carboxylic acids is 1. The van der Waals surface area contributed by atoms with Gasteiger partial charge in [0, 0.05) is 12.1 Å². The van der Waals surface area contributed by atoms with Gasteiger partial charge in [0.2, 0.25) is 11.8 Å². The van der Waals surface area contributed by atoms with Crippen molar-refractivity contribution in [1.82, 2.24) is 0 Å². The molecule has 2 bridgehead atoms. The van der Waals surface area contributed by atoms with Crippen molar-refractivity contribution in [3.8, 4) is 0 Å². The zero-order valence-corrected chi connectivity index (χ0v) is 12.5. The Morgan fingerprint density at radius 3 is 2.25 bits per heavy atom. The average Bonchev–Trinajstić information content (AvgIpc) is 3.20. The molecule has 4 atom stereocenters. The maximum atomic E-state index is 12.8. The molecule has 0 aromatic heterocycles. The van der Waals surface area contributed by atoms with Crippen LogP contribution in [0.1, 0.15) is 29.6 Å². The molecule has 3 aliphatic rings. The minimum absolute atomic E-state index is 0.161. The lowest BCUT2D eigenvalue weighted by molar-refractivity contribution is -0.384. The minimum atomic E-state index is -1.33. The average molecular weight is 330 g/mol. The Morgan fingerprint density at radius 1 is 1.17 bits per heavy atom. The van der Waals surface area contributed by atoms with Gasteiger partial charge >= 0.3 is 5.97 Å². The van der Waals surface area contributed by atoms with Crippen molar-refractivity contribution in [2.45, 2.75) is 19.3 Å². The molecule has 1 aromatic carbocycles. The number of carbonyl (C=O) groups is 3. The van der Waals surface area contributed by atoms with Gasteiger partial charge in [0.25, 0.3) is 5.69 Å². The van der Waals surface area contributed by atoms with E-state index < -0.39 is 34.5 Å². The Bertz CT molecular complexity index is 776. The van der Waals surface area contributed by atoms with Gasteiger partial charge in [-0.25, -0.2) is 9.69 Å². The van der Waals surface area contributed by atoms with E-state index in [2.05, 4.69) is 0 Å². The van der Waals surface area contributed by atoms with E-state index in [-0.39, 0.29) is 28.8 Å². The molecule has 0 unspecified atom stereocenters. The molecule has 1 aliphatic heterocycles. The van der Waals surface area contributed by atoms with Gasteiger partial charge in [0.1, 0.15) is 0 Å². The van der Waals surface area contributed by atoms with Crippen molar-refractivity contribution < 1.29 is 24.4 Å². The molecule has 1 saturated heterocycles. The fraction of sp³-hybridized carbons (Fsp3) is 0.438. The summed E-state index contributed by atoms with van der Waals surface area (Å²) in [6.07, 6.45) is 2.67. The highest BCUT2D eigenvalue weighted by Crippen LogP contribution is 2.56. The molecule has 2 amide bonds. The second-order valence-corrected chi connectivity index (χ2v) is 6.66. The predicted molar refractivity (Wildman–Crippen MR) is 80.4 cm³/mol. The van der Waals surface area contributed by atoms with Crippen LogP contribution in [0.3, 0.4) is 0 Å². The first kappa shape index (κ1) is 14.8. The third-order valence-corrected chi connectivity index (χ3v) is 5.59. The van der Waals surface area contributed by atoms with Crippen LogP contribution in [-0.4, -0.2) is 27.8 Å². The lowest BCUT2D eigenvalue weighted by atomic mass is 9.81. The molecule has 1 heterocycles. The summed E-state index contributed by atoms with van der Waals surface area (Å²) < 4.78 is 0. The number of nitrogens with zero attached hydrogens (tertiary/aromatic N) is 2. The molecule has 8 nitrogen and oxygen atoms in total. The Balaban J connectivity index is 1.82. The maximum Gasteiger partial charge on any atom is 0.337 e. The SMILES string of the molecule is O=C(O)c1ccc([N+](=O)[O-])cc1N1C(=O)[C@@H]2[C@@H]3CC[C@H](C3)[C@@H]2C1=O. The van der Waals surface area contributed by atoms with Crippen LogP contribution in [0, 0.1) is 33.8 Å². The van der Waals surface area contributed by atoms with Crippen molar-refractivity contribution in [1.29, 1.82) is 0 Å². The molecule has 1 N–H and O–H groups in total. The molecular formula is C16H14N2O6. The number of benzene rings is 1. The molecule has 2 saturated carbocycles. The molecule has 4 rings (SSSR count). The van der Waals surface area contributed by atoms with Gasteiger partial charge in [-0.05, 0) is 37.2 Å². The first-order valence-electron chi connectivity index (χ1n) is 7.79. The molecule has 1 aromatic rings. The summed E-state index contributed by atoms with van der Waals surface area (Å²) in [5.41, 5.74) is -0.828. The number of hydrogen-bond donors (Lipinski definition) is 1. The second-order valence-electron chi connectivity index (χ2n) is 6.66. The number of non-ortho nitro benzene ring substituents is 1. The van der Waals surface area contributed by atoms with Crippen LogP contribution >= 0.6 is 0 Å². The van der Waals surface area contributed by atoms with Gasteiger partial charge in [-0.2, -0.15) is 0 Å². The summed E-state index contributed by atoms with van der Waals surface area (Å²) in [7, 11) is 0. The summed E-state index contributed by atoms with van der Waals surface area (Å²) in [6.45, 7) is 0. The van der Waals surface area contributed by atoms with E-state index in [1.165, 1.54) is 0 Å². The molecule has 2 aliphatic carbocycles. The number of aromatic carboxylic acids is 1. The van der Waals surface area contributed by atoms with E-state index in [0.29, 0.717) is 0 Å². The Kier molecular flexibility index (Phi) is 3.00. The number of fused-ring (bicyclic) bond motifs is 5. The summed E-state index contributed by atoms with van der Waals surface area (Å²) in [5.74, 6) is -2.66. The smallest absolute Gasteiger partial charge is 0.337 e. The van der Waals surface area contributed by atoms with Crippen LogP contribution in [-0.2, 0) is 9.59 Å². The number of hydrogen-bond acceptors (Lipinski definition) is 5. The maximum absolute atomic E-state index is 12.8. The Morgan fingerprint density at radius 2 is 1.75 bits per heavy atom. The number of anilines is 1. The quantitative estimate of drug-likeness (QED) is 0.513. The van der Waals surface area contributed by atoms with Crippen molar-refractivity contribution >= 4 is 29.2 Å². The van der Waals surface area contributed by atoms with Gasteiger partial charge in [-0.3, -0.25) is 19.7 Å². The van der Waals surface area contributed by atoms with E-state index >= 15 is 0 Å². The topological polar surface area (TPSA) is 118 Å². The summed E-state index contributed by atoms with van der Waals surface area (Å²) in [5, 5.41) is 20.3. The van der Waals surface area contributed by atoms with Crippen LogP contribution in [0.25, 0.3) is 0 Å². The molecule has 24 heavy (non-hydrogen) atoms. The van der Waals surface area contributed by atoms with Crippen molar-refractivity contribution in [3.05, 3.63) is 33.9 Å². The minimum Gasteiger partial charge on any atom is -0.478 e. The van der Waals surface area contributed by atoms with Crippen LogP contribution in [0.15, 0.2) is 18.2 Å². The number of imide groups is 1. The Labute approximate surface area is 136 Å². The number of nitro groups is 1. The number of carboxylic acid groups (broad SMARTS) is 1. The van der Waals surface area contributed by atoms with Crippen LogP contribution in [0.2, 0.25) is 0 Å². The van der Waals surface area contributed by atoms with Crippen LogP contribution in [0.5, 0.6) is 0 Å². The molecular weight excluding hydrogens is 316 g/mol. The van der Waals surface area contributed by atoms with E-state index in [4.69, 9.17) is 0 Å². The Hall–Kier alpha value is -2.77. The molecule has 8 heteroatoms. The zero-order chi connectivity index (χ0) is 17.2. The summed E-state index contributed by atoms with van der Waals surface area (Å²) in [4.78, 5) is 48.2. The van der Waals surface area contributed by atoms with Gasteiger partial charge in [-0.15, -0.1) is 0 Å². The van der Waals surface area contributed by atoms with Crippen molar-refractivity contribution in [3.63, 3.8) is 0 Å². The zero-order valence-electron chi connectivity index (χ0n) is 12.5. The monoisotopic (exact) mass is 330 g/mol. The lowest BCUT2D eigenvalue weighted by Gasteiger charge is -2.19. The summed E-state index contributed by atoms with van der Waals surface area (Å²) >= 11 is 0. The first-order chi connectivity index (χ1) is 11.4. The number of nitro benzene ring substituents is 1. The summed E-state index contributed by atoms with van der Waals surface area (Å²) in [6, 6.07) is 3.13. The van der Waals surface area contributed by atoms with E-state index in [1.54, 1.807) is 0 Å². The van der Waals surface area contributed by atoms with Gasteiger partial charge in [-0.1, -0.05) is 0 Å². The fourth-order valence-corrected chi connectivity index (χ4v) is 4.65. The fourth-order valence-electron chi connectivity index (χ4n) is 4.65. The predicted octanol–water partition coefficient (Wildman–Crippen LogP) is 1.83. The van der Waals surface area contributed by atoms with Gasteiger partial charge in [0.05, 0.1) is 28.0 Å². The highest BCUT2D eigenvalue weighted by atomic mass is 16.6. The third-order valence-electron chi connectivity index (χ3n) is 5.59. The normalized spacial score (nSPS) is 30.8. The standard InChI is InChI=1S/C16H14N2O6/c19-14-12-7-1-2-8(5-7)13(12)15(20)17(14)11-6-9(18(23)24)3-4-10(11)16(21)22/h3-4,6-8,12-13H,1-2,5H2,(H,21,22)/t7-,8-,12-,13+/m1/s1. The van der Waals surface area contributed by atoms with Gasteiger partial charge < -0.3 is 5.11 Å². The largest absolute Gasteiger partial charge is 0.478 e. The van der Waals surface area contributed by atoms with Crippen molar-refractivity contribution in [2.24, 2.45) is 23.7 Å². The third kappa shape index (κ3) is 1.82. The molecule has 124 valence electrons. The number of rotatable bonds is 3. The lowest BCUT2D eigenvalue weighted by Crippen LogP contribution is -2.34. The highest BCUT2D eigenvalue weighted by molar-refractivity contribution is 6.24. The van der Waals surface area contributed by atoms with Crippen LogP contribution < -0.4 is 4.90 Å². The number of amides is 2. The molecule has 3 fully saturated rings. The van der Waals surface area contributed by atoms with Gasteiger partial charge in [0.15, 0.2) is 0 Å². The number of carbonyl (C=O) groups excluding carboxylic acids is 2. The van der Waals surface area contributed by atoms with E-state index in [1.807, 2.05) is 0 Å². The van der Waals surface area contributed by atoms with Crippen molar-refractivity contribution in [2.75, 3.05) is 4.90 Å². The van der Waals surface area contributed by atoms with Crippen LogP contribution in [0.4, 0.5) is 11.4 Å².